The Labute approximate surface area is 196 Å². The Bertz CT molecular complexity index is 1500. The second kappa shape index (κ2) is 8.84. The number of rotatable bonds is 4. The average Bonchev–Trinajstić information content (AvgIpc) is 2.95. The third kappa shape index (κ3) is 4.42. The predicted molar refractivity (Wildman–Crippen MR) is 133 cm³/mol. The van der Waals surface area contributed by atoms with Crippen molar-refractivity contribution in [3.63, 3.8) is 0 Å². The first-order chi connectivity index (χ1) is 16.0. The van der Waals surface area contributed by atoms with E-state index in [0.29, 0.717) is 32.4 Å². The minimum Gasteiger partial charge on any atom is -0.367 e. The SMILES string of the molecule is O=c1c2cc(N[SH](=O)=O)ccc2ccc2ncc(N3CCN(c4cc(Cl)ccn4)CC3)cc12. The number of hydrogen-bond donors (Lipinski definition) is 2. The van der Waals surface area contributed by atoms with Gasteiger partial charge in [0.05, 0.1) is 22.8 Å². The fourth-order valence-corrected chi connectivity index (χ4v) is 4.60. The fraction of sp³-hybridized carbons (Fsp3) is 0.174. The van der Waals surface area contributed by atoms with E-state index in [-0.39, 0.29) is 5.43 Å². The summed E-state index contributed by atoms with van der Waals surface area (Å²) in [6, 6.07) is 14.0. The Morgan fingerprint density at radius 3 is 2.39 bits per heavy atom. The highest BCUT2D eigenvalue weighted by Gasteiger charge is 2.19. The van der Waals surface area contributed by atoms with Crippen LogP contribution in [0.25, 0.3) is 21.7 Å². The van der Waals surface area contributed by atoms with E-state index in [1.165, 1.54) is 0 Å². The Balaban J connectivity index is 1.48. The number of halogens is 1. The molecule has 0 saturated carbocycles. The first-order valence-electron chi connectivity index (χ1n) is 10.4. The number of pyridine rings is 2. The summed E-state index contributed by atoms with van der Waals surface area (Å²) in [5.74, 6) is 0.850. The Hall–Kier alpha value is -3.43. The van der Waals surface area contributed by atoms with Crippen LogP contribution in [0.3, 0.4) is 0 Å². The zero-order valence-electron chi connectivity index (χ0n) is 17.4. The second-order valence-corrected chi connectivity index (χ2v) is 8.94. The maximum Gasteiger partial charge on any atom is 0.222 e. The van der Waals surface area contributed by atoms with Crippen molar-refractivity contribution < 1.29 is 8.42 Å². The summed E-state index contributed by atoms with van der Waals surface area (Å²) < 4.78 is 24.4. The molecule has 5 rings (SSSR count). The molecular formula is C23H20ClN5O3S. The van der Waals surface area contributed by atoms with Crippen LogP contribution < -0.4 is 20.0 Å². The molecule has 1 aliphatic rings. The van der Waals surface area contributed by atoms with Gasteiger partial charge >= 0.3 is 0 Å². The van der Waals surface area contributed by atoms with Crippen molar-refractivity contribution in [3.8, 4) is 0 Å². The van der Waals surface area contributed by atoms with E-state index < -0.39 is 10.9 Å². The molecule has 10 heteroatoms. The smallest absolute Gasteiger partial charge is 0.222 e. The molecule has 1 aliphatic heterocycles. The van der Waals surface area contributed by atoms with Crippen LogP contribution in [0.5, 0.6) is 0 Å². The molecule has 1 N–H and O–H groups in total. The molecule has 0 radical (unpaired) electrons. The Morgan fingerprint density at radius 2 is 1.64 bits per heavy atom. The number of benzene rings is 1. The molecule has 8 nitrogen and oxygen atoms in total. The molecule has 0 amide bonds. The van der Waals surface area contributed by atoms with Gasteiger partial charge in [0.1, 0.15) is 5.82 Å². The molecular weight excluding hydrogens is 462 g/mol. The monoisotopic (exact) mass is 481 g/mol. The third-order valence-corrected chi connectivity index (χ3v) is 6.44. The van der Waals surface area contributed by atoms with E-state index in [1.807, 2.05) is 24.3 Å². The van der Waals surface area contributed by atoms with Crippen molar-refractivity contribution in [2.45, 2.75) is 0 Å². The van der Waals surface area contributed by atoms with E-state index in [0.717, 1.165) is 37.7 Å². The Kier molecular flexibility index (Phi) is 5.74. The van der Waals surface area contributed by atoms with E-state index in [1.54, 1.807) is 36.7 Å². The summed E-state index contributed by atoms with van der Waals surface area (Å²) in [5.41, 5.74) is 1.62. The van der Waals surface area contributed by atoms with Gasteiger partial charge in [0.15, 0.2) is 5.43 Å². The highest BCUT2D eigenvalue weighted by Crippen LogP contribution is 2.24. The van der Waals surface area contributed by atoms with Gasteiger partial charge in [-0.1, -0.05) is 23.7 Å². The molecule has 2 aromatic heterocycles. The lowest BCUT2D eigenvalue weighted by Crippen LogP contribution is -2.46. The zero-order chi connectivity index (χ0) is 22.9. The molecule has 0 spiro atoms. The van der Waals surface area contributed by atoms with Gasteiger partial charge in [0, 0.05) is 48.5 Å². The molecule has 4 aromatic rings. The first kappa shape index (κ1) is 21.4. The minimum atomic E-state index is -2.81. The highest BCUT2D eigenvalue weighted by atomic mass is 35.5. The van der Waals surface area contributed by atoms with E-state index >= 15 is 0 Å². The summed E-state index contributed by atoms with van der Waals surface area (Å²) in [5, 5.41) is 2.30. The molecule has 2 aromatic carbocycles. The van der Waals surface area contributed by atoms with E-state index in [9.17, 15) is 13.2 Å². The molecule has 33 heavy (non-hydrogen) atoms. The molecule has 0 aliphatic carbocycles. The lowest BCUT2D eigenvalue weighted by Gasteiger charge is -2.36. The van der Waals surface area contributed by atoms with Crippen molar-refractivity contribution in [2.75, 3.05) is 40.7 Å². The van der Waals surface area contributed by atoms with Crippen molar-refractivity contribution in [3.05, 3.63) is 76.2 Å². The van der Waals surface area contributed by atoms with Crippen molar-refractivity contribution in [2.24, 2.45) is 0 Å². The molecule has 0 atom stereocenters. The van der Waals surface area contributed by atoms with Gasteiger partial charge in [-0.2, -0.15) is 0 Å². The summed E-state index contributed by atoms with van der Waals surface area (Å²) in [6.45, 7) is 3.03. The first-order valence-corrected chi connectivity index (χ1v) is 11.9. The number of hydrogen-bond acceptors (Lipinski definition) is 7. The van der Waals surface area contributed by atoms with Gasteiger partial charge in [0.25, 0.3) is 0 Å². The standard InChI is InChI=1S/C23H20ClN5O3S/c24-16-5-6-25-22(11-16)29-9-7-28(8-10-29)18-13-20-21(26-14-18)4-2-15-1-3-17(27-33(31)32)12-19(15)23(20)30/h1-6,11-14,33H,7-10H2,(H,27,31,32). The Morgan fingerprint density at radius 1 is 0.879 bits per heavy atom. The average molecular weight is 482 g/mol. The zero-order valence-corrected chi connectivity index (χ0v) is 19.1. The summed E-state index contributed by atoms with van der Waals surface area (Å²) in [4.78, 5) is 26.7. The van der Waals surface area contributed by atoms with Gasteiger partial charge in [-0.25, -0.2) is 13.4 Å². The quantitative estimate of drug-likeness (QED) is 0.432. The molecule has 3 heterocycles. The highest BCUT2D eigenvalue weighted by molar-refractivity contribution is 7.73. The van der Waals surface area contributed by atoms with Crippen molar-refractivity contribution in [1.29, 1.82) is 0 Å². The molecule has 168 valence electrons. The van der Waals surface area contributed by atoms with Gasteiger partial charge in [0.2, 0.25) is 10.9 Å². The van der Waals surface area contributed by atoms with Crippen LogP contribution >= 0.6 is 11.6 Å². The van der Waals surface area contributed by atoms with Crippen LogP contribution in [-0.2, 0) is 10.9 Å². The second-order valence-electron chi connectivity index (χ2n) is 7.77. The lowest BCUT2D eigenvalue weighted by molar-refractivity contribution is 0.619. The molecule has 0 unspecified atom stereocenters. The maximum absolute atomic E-state index is 13.4. The molecule has 1 fully saturated rings. The van der Waals surface area contributed by atoms with Gasteiger partial charge in [-0.05, 0) is 41.8 Å². The maximum atomic E-state index is 13.4. The normalized spacial score (nSPS) is 14.2. The number of thiol groups is 1. The van der Waals surface area contributed by atoms with Crippen LogP contribution in [0.15, 0.2) is 65.7 Å². The van der Waals surface area contributed by atoms with E-state index in [2.05, 4.69) is 24.5 Å². The van der Waals surface area contributed by atoms with E-state index in [4.69, 9.17) is 11.6 Å². The van der Waals surface area contributed by atoms with Crippen LogP contribution in [-0.4, -0.2) is 44.6 Å². The van der Waals surface area contributed by atoms with Gasteiger partial charge in [-0.3, -0.25) is 14.5 Å². The van der Waals surface area contributed by atoms with Crippen LogP contribution in [0.2, 0.25) is 5.02 Å². The number of fused-ring (bicyclic) bond motifs is 2. The summed E-state index contributed by atoms with van der Waals surface area (Å²) in [7, 11) is -2.81. The van der Waals surface area contributed by atoms with Crippen LogP contribution in [0.1, 0.15) is 0 Å². The van der Waals surface area contributed by atoms with Crippen molar-refractivity contribution >= 4 is 61.4 Å². The summed E-state index contributed by atoms with van der Waals surface area (Å²) in [6.07, 6.45) is 3.49. The largest absolute Gasteiger partial charge is 0.367 e. The number of nitrogens with zero attached hydrogens (tertiary/aromatic N) is 4. The molecule has 0 bridgehead atoms. The summed E-state index contributed by atoms with van der Waals surface area (Å²) >= 11 is 6.10. The third-order valence-electron chi connectivity index (χ3n) is 5.76. The number of piperazine rings is 1. The lowest BCUT2D eigenvalue weighted by atomic mass is 10.1. The van der Waals surface area contributed by atoms with Crippen LogP contribution in [0, 0.1) is 0 Å². The fourth-order valence-electron chi connectivity index (χ4n) is 4.10. The van der Waals surface area contributed by atoms with Gasteiger partial charge < -0.3 is 9.80 Å². The van der Waals surface area contributed by atoms with Crippen LogP contribution in [0.4, 0.5) is 17.2 Å². The molecule has 1 saturated heterocycles. The minimum absolute atomic E-state index is 0.189. The predicted octanol–water partition coefficient (Wildman–Crippen LogP) is 3.06. The van der Waals surface area contributed by atoms with Crippen molar-refractivity contribution in [1.82, 2.24) is 9.97 Å². The number of nitrogens with one attached hydrogen (secondary N) is 1. The topological polar surface area (TPSA) is 95.5 Å². The number of aromatic nitrogens is 2. The number of anilines is 3. The van der Waals surface area contributed by atoms with Gasteiger partial charge in [-0.15, -0.1) is 0 Å².